The molecule has 0 spiro atoms. The highest BCUT2D eigenvalue weighted by atomic mass is 31.2. The van der Waals surface area contributed by atoms with Gasteiger partial charge in [0.05, 0.1) is 0 Å². The highest BCUT2D eigenvalue weighted by molar-refractivity contribution is 7.47. The van der Waals surface area contributed by atoms with E-state index in [1.165, 1.54) is 13.0 Å². The SMILES string of the molecule is C[C@@](Cc1ccc(OP(=O)(O)O)c(OP(=O)(O)O)c1)(NN)C(=O)O. The Kier molecular flexibility index (Phi) is 6.15. The van der Waals surface area contributed by atoms with Crippen molar-refractivity contribution in [3.63, 3.8) is 0 Å². The lowest BCUT2D eigenvalue weighted by atomic mass is 9.93. The maximum atomic E-state index is 11.2. The van der Waals surface area contributed by atoms with Crippen LogP contribution in [-0.2, 0) is 20.3 Å². The van der Waals surface area contributed by atoms with Crippen molar-refractivity contribution in [3.05, 3.63) is 23.8 Å². The highest BCUT2D eigenvalue weighted by Crippen LogP contribution is 2.47. The molecule has 12 nitrogen and oxygen atoms in total. The first-order valence-corrected chi connectivity index (χ1v) is 9.16. The van der Waals surface area contributed by atoms with Crippen molar-refractivity contribution < 1.29 is 47.7 Å². The molecule has 0 saturated carbocycles. The molecule has 1 aromatic carbocycles. The number of carboxylic acid groups (broad SMARTS) is 1. The van der Waals surface area contributed by atoms with Crippen LogP contribution in [0, 0.1) is 0 Å². The first-order valence-electron chi connectivity index (χ1n) is 6.10. The van der Waals surface area contributed by atoms with Crippen molar-refractivity contribution in [1.29, 1.82) is 0 Å². The summed E-state index contributed by atoms with van der Waals surface area (Å²) in [5, 5.41) is 9.13. The molecule has 0 fully saturated rings. The zero-order chi connectivity index (χ0) is 18.8. The number of rotatable bonds is 8. The summed E-state index contributed by atoms with van der Waals surface area (Å²) in [7, 11) is -10.1. The Labute approximate surface area is 135 Å². The third-order valence-corrected chi connectivity index (χ3v) is 3.66. The van der Waals surface area contributed by atoms with Crippen LogP contribution in [0.2, 0.25) is 0 Å². The predicted octanol–water partition coefficient (Wildman–Crippen LogP) is -0.521. The molecule has 0 aliphatic carbocycles. The number of phosphoric acid groups is 2. The number of carboxylic acids is 1. The molecule has 0 aliphatic rings. The molecule has 0 bridgehead atoms. The van der Waals surface area contributed by atoms with Crippen LogP contribution < -0.4 is 20.3 Å². The van der Waals surface area contributed by atoms with E-state index >= 15 is 0 Å². The number of hydrazine groups is 1. The van der Waals surface area contributed by atoms with Gasteiger partial charge in [-0.3, -0.25) is 30.2 Å². The lowest BCUT2D eigenvalue weighted by Gasteiger charge is -2.24. The van der Waals surface area contributed by atoms with E-state index in [2.05, 4.69) is 14.5 Å². The molecule has 14 heteroatoms. The fraction of sp³-hybridized carbons (Fsp3) is 0.300. The molecule has 136 valence electrons. The Morgan fingerprint density at radius 1 is 1.17 bits per heavy atom. The van der Waals surface area contributed by atoms with Gasteiger partial charge in [-0.1, -0.05) is 6.07 Å². The van der Waals surface area contributed by atoms with Gasteiger partial charge in [0.2, 0.25) is 0 Å². The molecule has 1 rings (SSSR count). The second-order valence-corrected chi connectivity index (χ2v) is 7.23. The Balaban J connectivity index is 3.27. The van der Waals surface area contributed by atoms with Crippen molar-refractivity contribution in [2.45, 2.75) is 18.9 Å². The van der Waals surface area contributed by atoms with Gasteiger partial charge in [0.15, 0.2) is 11.5 Å². The van der Waals surface area contributed by atoms with Crippen LogP contribution in [0.25, 0.3) is 0 Å². The quantitative estimate of drug-likeness (QED) is 0.171. The molecule has 8 N–H and O–H groups in total. The van der Waals surface area contributed by atoms with E-state index < -0.39 is 38.7 Å². The van der Waals surface area contributed by atoms with Crippen LogP contribution >= 0.6 is 15.6 Å². The number of nitrogens with one attached hydrogen (secondary N) is 1. The van der Waals surface area contributed by atoms with E-state index in [0.717, 1.165) is 12.1 Å². The van der Waals surface area contributed by atoms with Gasteiger partial charge >= 0.3 is 21.6 Å². The molecule has 0 heterocycles. The molecule has 1 atom stereocenters. The average molecular weight is 386 g/mol. The van der Waals surface area contributed by atoms with Crippen molar-refractivity contribution >= 4 is 21.6 Å². The summed E-state index contributed by atoms with van der Waals surface area (Å²) < 4.78 is 30.5. The third kappa shape index (κ3) is 6.19. The monoisotopic (exact) mass is 386 g/mol. The summed E-state index contributed by atoms with van der Waals surface area (Å²) in [5.74, 6) is 2.60. The minimum absolute atomic E-state index is 0.194. The summed E-state index contributed by atoms with van der Waals surface area (Å²) in [6, 6.07) is 3.18. The number of phosphoric ester groups is 2. The van der Waals surface area contributed by atoms with Crippen molar-refractivity contribution in [1.82, 2.24) is 5.43 Å². The second-order valence-electron chi connectivity index (χ2n) is 4.90. The second kappa shape index (κ2) is 7.18. The predicted molar refractivity (Wildman–Crippen MR) is 78.9 cm³/mol. The molecule has 0 amide bonds. The molecule has 0 radical (unpaired) electrons. The Bertz CT molecular complexity index is 714. The van der Waals surface area contributed by atoms with Crippen LogP contribution in [0.3, 0.4) is 0 Å². The molecule has 0 aromatic heterocycles. The van der Waals surface area contributed by atoms with Gasteiger partial charge in [-0.05, 0) is 24.6 Å². The minimum atomic E-state index is -5.07. The number of nitrogens with two attached hydrogens (primary N) is 1. The van der Waals surface area contributed by atoms with Crippen molar-refractivity contribution in [2.24, 2.45) is 5.84 Å². The summed E-state index contributed by atoms with van der Waals surface area (Å²) >= 11 is 0. The molecular weight excluding hydrogens is 370 g/mol. The molecule has 24 heavy (non-hydrogen) atoms. The topological polar surface area (TPSA) is 209 Å². The van der Waals surface area contributed by atoms with Crippen LogP contribution in [0.5, 0.6) is 11.5 Å². The number of carbonyl (C=O) groups is 1. The number of hydrogen-bond donors (Lipinski definition) is 7. The van der Waals surface area contributed by atoms with E-state index in [1.54, 1.807) is 0 Å². The first-order chi connectivity index (χ1) is 10.8. The summed E-state index contributed by atoms with van der Waals surface area (Å²) in [6.07, 6.45) is -0.230. The van der Waals surface area contributed by atoms with Gasteiger partial charge in [-0.25, -0.2) is 14.6 Å². The van der Waals surface area contributed by atoms with E-state index in [4.69, 9.17) is 30.5 Å². The van der Waals surface area contributed by atoms with E-state index in [9.17, 15) is 13.9 Å². The fourth-order valence-electron chi connectivity index (χ4n) is 1.66. The van der Waals surface area contributed by atoms with Gasteiger partial charge in [0.25, 0.3) is 0 Å². The summed E-state index contributed by atoms with van der Waals surface area (Å²) in [6.45, 7) is 1.26. The van der Waals surface area contributed by atoms with E-state index in [1.807, 2.05) is 0 Å². The minimum Gasteiger partial charge on any atom is -0.480 e. The number of hydrogen-bond acceptors (Lipinski definition) is 7. The Hall–Kier alpha value is -1.49. The van der Waals surface area contributed by atoms with Crippen LogP contribution in [0.15, 0.2) is 18.2 Å². The lowest BCUT2D eigenvalue weighted by Crippen LogP contribution is -2.54. The van der Waals surface area contributed by atoms with Gasteiger partial charge in [-0.2, -0.15) is 0 Å². The highest BCUT2D eigenvalue weighted by Gasteiger charge is 2.33. The molecular formula is C10H16N2O10P2. The van der Waals surface area contributed by atoms with Crippen LogP contribution in [0.1, 0.15) is 12.5 Å². The van der Waals surface area contributed by atoms with E-state index in [0.29, 0.717) is 0 Å². The maximum absolute atomic E-state index is 11.2. The molecule has 1 aromatic rings. The summed E-state index contributed by atoms with van der Waals surface area (Å²) in [5.41, 5.74) is 0.685. The van der Waals surface area contributed by atoms with Gasteiger partial charge < -0.3 is 14.2 Å². The smallest absolute Gasteiger partial charge is 0.480 e. The third-order valence-electron chi connectivity index (χ3n) is 2.79. The lowest BCUT2D eigenvalue weighted by molar-refractivity contribution is -0.144. The van der Waals surface area contributed by atoms with Gasteiger partial charge in [-0.15, -0.1) is 0 Å². The van der Waals surface area contributed by atoms with E-state index in [-0.39, 0.29) is 12.0 Å². The van der Waals surface area contributed by atoms with Crippen LogP contribution in [-0.4, -0.2) is 36.2 Å². The summed E-state index contributed by atoms with van der Waals surface area (Å²) in [4.78, 5) is 46.5. The fourth-order valence-corrected chi connectivity index (χ4v) is 2.47. The Morgan fingerprint density at radius 3 is 2.08 bits per heavy atom. The zero-order valence-electron chi connectivity index (χ0n) is 12.2. The van der Waals surface area contributed by atoms with Crippen molar-refractivity contribution in [3.8, 4) is 11.5 Å². The maximum Gasteiger partial charge on any atom is 0.524 e. The number of benzene rings is 1. The molecule has 0 aliphatic heterocycles. The van der Waals surface area contributed by atoms with Crippen molar-refractivity contribution in [2.75, 3.05) is 0 Å². The molecule has 0 unspecified atom stereocenters. The zero-order valence-corrected chi connectivity index (χ0v) is 14.0. The Morgan fingerprint density at radius 2 is 1.67 bits per heavy atom. The average Bonchev–Trinajstić information content (AvgIpc) is 2.38. The standard InChI is InChI=1S/C10H16N2O10P2/c1-10(12-11,9(13)14)5-6-2-3-7(21-23(15,16)17)8(4-6)22-24(18,19)20/h2-4,12H,5,11H2,1H3,(H,13,14)(H2,15,16,17)(H2,18,19,20)/t10-/m0/s1. The van der Waals surface area contributed by atoms with Crippen LogP contribution in [0.4, 0.5) is 0 Å². The van der Waals surface area contributed by atoms with Gasteiger partial charge in [0.1, 0.15) is 5.54 Å². The van der Waals surface area contributed by atoms with Gasteiger partial charge in [0, 0.05) is 6.42 Å². The number of aliphatic carboxylic acids is 1. The largest absolute Gasteiger partial charge is 0.524 e. The first kappa shape index (κ1) is 20.6. The molecule has 0 saturated heterocycles. The normalized spacial score (nSPS) is 14.8.